The van der Waals surface area contributed by atoms with Crippen molar-refractivity contribution >= 4 is 23.6 Å². The molecule has 2 N–H and O–H groups in total. The normalized spacial score (nSPS) is 22.2. The van der Waals surface area contributed by atoms with Crippen LogP contribution in [0.4, 0.5) is 0 Å². The van der Waals surface area contributed by atoms with Gasteiger partial charge in [0.25, 0.3) is 0 Å². The van der Waals surface area contributed by atoms with Gasteiger partial charge in [0, 0.05) is 0 Å². The molecule has 2 heterocycles. The smallest absolute Gasteiger partial charge is 0.359 e. The zero-order chi connectivity index (χ0) is 20.5. The Labute approximate surface area is 172 Å². The maximum Gasteiger partial charge on any atom is 0.359 e. The Morgan fingerprint density at radius 3 is 2.17 bits per heavy atom. The summed E-state index contributed by atoms with van der Waals surface area (Å²) < 4.78 is 5.81. The molecule has 0 saturated carbocycles. The van der Waals surface area contributed by atoms with Crippen molar-refractivity contribution in [2.75, 3.05) is 5.75 Å². The van der Waals surface area contributed by atoms with Crippen molar-refractivity contribution in [3.05, 3.63) is 83.2 Å². The van der Waals surface area contributed by atoms with Crippen molar-refractivity contribution in [1.29, 1.82) is 0 Å². The van der Waals surface area contributed by atoms with E-state index in [0.717, 1.165) is 11.1 Å². The number of hydrogen-bond acceptors (Lipinski definition) is 6. The lowest BCUT2D eigenvalue weighted by atomic mass is 9.91. The number of esters is 1. The summed E-state index contributed by atoms with van der Waals surface area (Å²) in [6.07, 6.45) is -1.50. The zero-order valence-corrected chi connectivity index (χ0v) is 16.6. The molecular formula is C22H21NO5S. The molecule has 0 aromatic heterocycles. The van der Waals surface area contributed by atoms with Gasteiger partial charge in [0.2, 0.25) is 5.91 Å². The number of hydrogen-bond donors (Lipinski definition) is 2. The van der Waals surface area contributed by atoms with Gasteiger partial charge in [-0.15, -0.1) is 11.8 Å². The van der Waals surface area contributed by atoms with Crippen molar-refractivity contribution in [1.82, 2.24) is 4.90 Å². The number of rotatable bonds is 5. The van der Waals surface area contributed by atoms with Gasteiger partial charge in [0.15, 0.2) is 11.8 Å². The van der Waals surface area contributed by atoms with Gasteiger partial charge in [0.1, 0.15) is 5.76 Å². The van der Waals surface area contributed by atoms with Crippen molar-refractivity contribution in [3.63, 3.8) is 0 Å². The monoisotopic (exact) mass is 411 g/mol. The van der Waals surface area contributed by atoms with Crippen LogP contribution < -0.4 is 0 Å². The maximum absolute atomic E-state index is 13.1. The molecule has 0 spiro atoms. The summed E-state index contributed by atoms with van der Waals surface area (Å²) in [6.45, 7) is 1.55. The zero-order valence-electron chi connectivity index (χ0n) is 15.8. The minimum Gasteiger partial charge on any atom is -0.509 e. The van der Waals surface area contributed by atoms with Gasteiger partial charge in [-0.05, 0) is 18.1 Å². The molecule has 4 rings (SSSR count). The van der Waals surface area contributed by atoms with Gasteiger partial charge >= 0.3 is 5.97 Å². The van der Waals surface area contributed by atoms with Crippen LogP contribution >= 0.6 is 11.8 Å². The van der Waals surface area contributed by atoms with Crippen molar-refractivity contribution < 1.29 is 24.5 Å². The first-order valence-corrected chi connectivity index (χ1v) is 10.4. The molecule has 2 aromatic carbocycles. The van der Waals surface area contributed by atoms with Gasteiger partial charge in [-0.1, -0.05) is 60.7 Å². The molecule has 1 fully saturated rings. The van der Waals surface area contributed by atoms with Gasteiger partial charge in [-0.2, -0.15) is 0 Å². The average Bonchev–Trinajstić information content (AvgIpc) is 2.73. The van der Waals surface area contributed by atoms with E-state index in [0.29, 0.717) is 0 Å². The summed E-state index contributed by atoms with van der Waals surface area (Å²) in [5.41, 5.74) is 1.43. The number of carbonyl (C=O) groups excluding carboxylic acids is 2. The Balaban J connectivity index is 1.63. The molecule has 2 unspecified atom stereocenters. The topological polar surface area (TPSA) is 87.1 Å². The summed E-state index contributed by atoms with van der Waals surface area (Å²) in [5.74, 6) is -1.73. The van der Waals surface area contributed by atoms with Crippen LogP contribution in [0.1, 0.15) is 24.2 Å². The fourth-order valence-electron chi connectivity index (χ4n) is 3.68. The number of ether oxygens (including phenoxy) is 1. The molecule has 6 nitrogen and oxygen atoms in total. The molecule has 2 aromatic rings. The van der Waals surface area contributed by atoms with Crippen LogP contribution in [0.2, 0.25) is 0 Å². The molecule has 0 aliphatic carbocycles. The van der Waals surface area contributed by atoms with Crippen LogP contribution in [0.3, 0.4) is 0 Å². The van der Waals surface area contributed by atoms with Crippen LogP contribution in [0.15, 0.2) is 72.1 Å². The number of β-lactam (4-membered cyclic amide) rings is 1. The van der Waals surface area contributed by atoms with Crippen molar-refractivity contribution in [2.45, 2.75) is 24.5 Å². The van der Waals surface area contributed by atoms with Crippen LogP contribution in [0.5, 0.6) is 0 Å². The summed E-state index contributed by atoms with van der Waals surface area (Å²) >= 11 is 1.32. The molecule has 29 heavy (non-hydrogen) atoms. The standard InChI is InChI=1S/C22H21NO5S/c1-13(24)17-20(26)23-18(16(25)12-29-21(17)23)22(27)28-19(14-8-4-2-5-9-14)15-10-6-3-7-11-15/h2-11,13,17,19,21,24-25H,12H2,1H3/t13?,17?,21-/m0/s1. The minimum absolute atomic E-state index is 0.132. The van der Waals surface area contributed by atoms with E-state index in [-0.39, 0.29) is 28.5 Å². The number of thioether (sulfide) groups is 1. The summed E-state index contributed by atoms with van der Waals surface area (Å²) in [5, 5.41) is 19.8. The van der Waals surface area contributed by atoms with Crippen LogP contribution in [-0.4, -0.2) is 44.2 Å². The lowest BCUT2D eigenvalue weighted by Crippen LogP contribution is -2.64. The number of aliphatic hydroxyl groups excluding tert-OH is 2. The van der Waals surface area contributed by atoms with E-state index in [1.165, 1.54) is 16.7 Å². The van der Waals surface area contributed by atoms with Gasteiger partial charge in [0.05, 0.1) is 23.1 Å². The first kappa shape index (κ1) is 19.5. The number of aliphatic hydroxyl groups is 2. The second-order valence-corrected chi connectivity index (χ2v) is 8.18. The lowest BCUT2D eigenvalue weighted by molar-refractivity contribution is -0.161. The van der Waals surface area contributed by atoms with Crippen molar-refractivity contribution in [2.24, 2.45) is 5.92 Å². The molecule has 7 heteroatoms. The van der Waals surface area contributed by atoms with E-state index < -0.39 is 24.1 Å². The van der Waals surface area contributed by atoms with E-state index in [9.17, 15) is 19.8 Å². The lowest BCUT2D eigenvalue weighted by Gasteiger charge is -2.50. The fraction of sp³-hybridized carbons (Fsp3) is 0.273. The largest absolute Gasteiger partial charge is 0.509 e. The number of carbonyl (C=O) groups is 2. The van der Waals surface area contributed by atoms with Crippen LogP contribution in [-0.2, 0) is 14.3 Å². The van der Waals surface area contributed by atoms with Gasteiger partial charge in [-0.3, -0.25) is 9.69 Å². The molecule has 2 aliphatic rings. The fourth-order valence-corrected chi connectivity index (χ4v) is 5.06. The quantitative estimate of drug-likeness (QED) is 0.581. The molecule has 1 saturated heterocycles. The van der Waals surface area contributed by atoms with E-state index >= 15 is 0 Å². The van der Waals surface area contributed by atoms with Gasteiger partial charge in [-0.25, -0.2) is 4.79 Å². The van der Waals surface area contributed by atoms with E-state index in [1.807, 2.05) is 60.7 Å². The van der Waals surface area contributed by atoms with E-state index in [1.54, 1.807) is 6.92 Å². The molecule has 0 radical (unpaired) electrons. The molecule has 0 bridgehead atoms. The van der Waals surface area contributed by atoms with Crippen LogP contribution in [0, 0.1) is 5.92 Å². The van der Waals surface area contributed by atoms with Crippen LogP contribution in [0.25, 0.3) is 0 Å². The minimum atomic E-state index is -0.824. The second-order valence-electron chi connectivity index (χ2n) is 7.08. The average molecular weight is 411 g/mol. The summed E-state index contributed by atoms with van der Waals surface area (Å²) in [7, 11) is 0. The third kappa shape index (κ3) is 3.52. The number of amides is 1. The van der Waals surface area contributed by atoms with E-state index in [4.69, 9.17) is 4.74 Å². The third-order valence-corrected chi connectivity index (χ3v) is 6.42. The third-order valence-electron chi connectivity index (χ3n) is 5.13. The predicted octanol–water partition coefficient (Wildman–Crippen LogP) is 3.00. The summed E-state index contributed by atoms with van der Waals surface area (Å²) in [6, 6.07) is 18.6. The first-order chi connectivity index (χ1) is 14.0. The summed E-state index contributed by atoms with van der Waals surface area (Å²) in [4.78, 5) is 26.8. The SMILES string of the molecule is CC(O)C1C(=O)N2C(C(=O)OC(c3ccccc3)c3ccccc3)=C(O)CS[C@@H]12. The highest BCUT2D eigenvalue weighted by atomic mass is 32.2. The molecular weight excluding hydrogens is 390 g/mol. The Morgan fingerprint density at radius 1 is 1.10 bits per heavy atom. The Kier molecular flexibility index (Phi) is 5.34. The highest BCUT2D eigenvalue weighted by molar-refractivity contribution is 8.00. The van der Waals surface area contributed by atoms with Gasteiger partial charge < -0.3 is 14.9 Å². The number of benzene rings is 2. The Bertz CT molecular complexity index is 905. The number of nitrogens with zero attached hydrogens (tertiary/aromatic N) is 1. The Morgan fingerprint density at radius 2 is 1.66 bits per heavy atom. The Hall–Kier alpha value is -2.77. The second kappa shape index (κ2) is 7.93. The number of fused-ring (bicyclic) bond motifs is 1. The molecule has 2 aliphatic heterocycles. The van der Waals surface area contributed by atoms with Crippen molar-refractivity contribution in [3.8, 4) is 0 Å². The molecule has 150 valence electrons. The van der Waals surface area contributed by atoms with E-state index in [2.05, 4.69) is 0 Å². The maximum atomic E-state index is 13.1. The highest BCUT2D eigenvalue weighted by Crippen LogP contribution is 2.45. The predicted molar refractivity (Wildman–Crippen MR) is 109 cm³/mol. The first-order valence-electron chi connectivity index (χ1n) is 9.34. The highest BCUT2D eigenvalue weighted by Gasteiger charge is 2.55. The molecule has 1 amide bonds. The molecule has 3 atom stereocenters.